The number of fused-ring (bicyclic) bond motifs is 2. The van der Waals surface area contributed by atoms with Gasteiger partial charge in [-0.3, -0.25) is 9.48 Å². The number of methoxy groups -OCH3 is 1. The lowest BCUT2D eigenvalue weighted by atomic mass is 9.90. The standard InChI is InChI=1S/C34H32F4N2O5/c1-33(2,42)18-40-16-22(15-39-40)19-4-6-20(7-5-19)31-25-10-11-28(32(25)27(35)14-26(31)34(36,37)38)45-23-8-9-24-21(12-30(41)43-3)17-44-29(24)13-23/h4-9,13-16,21,28,42H,10-12,17-18H2,1-3H3/t21-,28-/m1/s1. The Morgan fingerprint density at radius 1 is 1.09 bits per heavy atom. The molecule has 45 heavy (non-hydrogen) atoms. The number of ether oxygens (including phenoxy) is 3. The minimum atomic E-state index is -4.78. The molecule has 7 nitrogen and oxygen atoms in total. The van der Waals surface area contributed by atoms with Crippen molar-refractivity contribution in [3.8, 4) is 33.8 Å². The van der Waals surface area contributed by atoms with E-state index in [1.807, 2.05) is 0 Å². The molecule has 2 aliphatic rings. The van der Waals surface area contributed by atoms with Crippen molar-refractivity contribution in [2.24, 2.45) is 0 Å². The summed E-state index contributed by atoms with van der Waals surface area (Å²) in [7, 11) is 1.32. The van der Waals surface area contributed by atoms with Crippen LogP contribution in [0.2, 0.25) is 0 Å². The van der Waals surface area contributed by atoms with Gasteiger partial charge in [-0.2, -0.15) is 18.3 Å². The van der Waals surface area contributed by atoms with Crippen LogP contribution in [0.4, 0.5) is 17.6 Å². The van der Waals surface area contributed by atoms with Crippen molar-refractivity contribution < 1.29 is 41.7 Å². The van der Waals surface area contributed by atoms with Crippen LogP contribution in [0.3, 0.4) is 0 Å². The third kappa shape index (κ3) is 6.26. The molecule has 0 fully saturated rings. The third-order valence-corrected chi connectivity index (χ3v) is 8.18. The number of benzene rings is 3. The van der Waals surface area contributed by atoms with Gasteiger partial charge in [-0.05, 0) is 61.1 Å². The molecule has 0 radical (unpaired) electrons. The highest BCUT2D eigenvalue weighted by Crippen LogP contribution is 2.48. The lowest BCUT2D eigenvalue weighted by Crippen LogP contribution is -2.26. The number of rotatable bonds is 8. The second kappa shape index (κ2) is 11.5. The molecular formula is C34H32F4N2O5. The Bertz CT molecular complexity index is 1740. The van der Waals surface area contributed by atoms with Crippen LogP contribution in [0.5, 0.6) is 11.5 Å². The van der Waals surface area contributed by atoms with E-state index in [0.29, 0.717) is 36.2 Å². The fourth-order valence-electron chi connectivity index (χ4n) is 6.19. The second-order valence-corrected chi connectivity index (χ2v) is 12.1. The number of alkyl halides is 3. The number of hydrogen-bond acceptors (Lipinski definition) is 6. The largest absolute Gasteiger partial charge is 0.492 e. The number of nitrogens with zero attached hydrogens (tertiary/aromatic N) is 2. The van der Waals surface area contributed by atoms with E-state index >= 15 is 4.39 Å². The Hall–Kier alpha value is -4.38. The molecule has 0 amide bonds. The average molecular weight is 625 g/mol. The topological polar surface area (TPSA) is 82.8 Å². The highest BCUT2D eigenvalue weighted by atomic mass is 19.4. The zero-order valence-electron chi connectivity index (χ0n) is 25.0. The SMILES string of the molecule is COC(=O)C[C@@H]1COc2cc(O[C@@H]3CCc4c(-c5ccc(-c6cnn(CC(C)(C)O)c6)cc5)c(C(F)(F)F)cc(F)c43)ccc21. The zero-order chi connectivity index (χ0) is 32.1. The molecule has 6 rings (SSSR count). The van der Waals surface area contributed by atoms with Gasteiger partial charge < -0.3 is 19.3 Å². The van der Waals surface area contributed by atoms with Crippen LogP contribution in [0.15, 0.2) is 60.9 Å². The lowest BCUT2D eigenvalue weighted by Gasteiger charge is -2.21. The number of esters is 1. The summed E-state index contributed by atoms with van der Waals surface area (Å²) in [5.41, 5.74) is 0.953. The Morgan fingerprint density at radius 2 is 1.82 bits per heavy atom. The van der Waals surface area contributed by atoms with Gasteiger partial charge in [0.1, 0.15) is 23.4 Å². The first-order valence-corrected chi connectivity index (χ1v) is 14.6. The minimum Gasteiger partial charge on any atom is -0.492 e. The Morgan fingerprint density at radius 3 is 2.51 bits per heavy atom. The molecule has 1 aliphatic carbocycles. The molecule has 0 spiro atoms. The molecule has 1 aromatic heterocycles. The van der Waals surface area contributed by atoms with Crippen LogP contribution in [0.25, 0.3) is 22.3 Å². The van der Waals surface area contributed by atoms with Crippen LogP contribution in [0, 0.1) is 5.82 Å². The number of carbonyl (C=O) groups is 1. The van der Waals surface area contributed by atoms with Crippen LogP contribution < -0.4 is 9.47 Å². The van der Waals surface area contributed by atoms with E-state index in [1.54, 1.807) is 73.4 Å². The molecule has 3 aromatic carbocycles. The average Bonchev–Trinajstić information content (AvgIpc) is 3.71. The second-order valence-electron chi connectivity index (χ2n) is 12.1. The van der Waals surface area contributed by atoms with E-state index in [9.17, 15) is 23.1 Å². The molecule has 0 saturated heterocycles. The molecule has 0 unspecified atom stereocenters. The van der Waals surface area contributed by atoms with Crippen molar-refractivity contribution in [1.82, 2.24) is 9.78 Å². The summed E-state index contributed by atoms with van der Waals surface area (Å²) in [6.45, 7) is 3.92. The maximum atomic E-state index is 15.5. The molecule has 0 saturated carbocycles. The molecular weight excluding hydrogens is 592 g/mol. The van der Waals surface area contributed by atoms with Gasteiger partial charge in [-0.25, -0.2) is 4.39 Å². The summed E-state index contributed by atoms with van der Waals surface area (Å²) in [6.07, 6.45) is -1.53. The van der Waals surface area contributed by atoms with E-state index in [-0.39, 0.29) is 48.0 Å². The van der Waals surface area contributed by atoms with Gasteiger partial charge in [-0.1, -0.05) is 30.3 Å². The predicted molar refractivity (Wildman–Crippen MR) is 157 cm³/mol. The van der Waals surface area contributed by atoms with Crippen LogP contribution in [0.1, 0.15) is 61.0 Å². The van der Waals surface area contributed by atoms with Crippen molar-refractivity contribution >= 4 is 5.97 Å². The van der Waals surface area contributed by atoms with E-state index in [4.69, 9.17) is 14.2 Å². The van der Waals surface area contributed by atoms with E-state index in [1.165, 1.54) is 7.11 Å². The van der Waals surface area contributed by atoms with Crippen molar-refractivity contribution in [3.63, 3.8) is 0 Å². The van der Waals surface area contributed by atoms with Gasteiger partial charge in [0.05, 0.1) is 44.0 Å². The Balaban J connectivity index is 1.30. The van der Waals surface area contributed by atoms with Crippen molar-refractivity contribution in [2.75, 3.05) is 13.7 Å². The summed E-state index contributed by atoms with van der Waals surface area (Å²) in [5.74, 6) is -0.545. The van der Waals surface area contributed by atoms with Crippen LogP contribution in [-0.4, -0.2) is 40.2 Å². The molecule has 1 aliphatic heterocycles. The maximum Gasteiger partial charge on any atom is 0.417 e. The fraction of sp³-hybridized carbons (Fsp3) is 0.353. The molecule has 236 valence electrons. The van der Waals surface area contributed by atoms with Gasteiger partial charge in [0.2, 0.25) is 0 Å². The number of hydrogen-bond donors (Lipinski definition) is 1. The van der Waals surface area contributed by atoms with E-state index in [2.05, 4.69) is 5.10 Å². The van der Waals surface area contributed by atoms with E-state index in [0.717, 1.165) is 16.7 Å². The summed E-state index contributed by atoms with van der Waals surface area (Å²) in [6, 6.07) is 12.3. The van der Waals surface area contributed by atoms with Gasteiger partial charge >= 0.3 is 12.1 Å². The fourth-order valence-corrected chi connectivity index (χ4v) is 6.19. The summed E-state index contributed by atoms with van der Waals surface area (Å²) in [4.78, 5) is 11.7. The number of aliphatic hydroxyl groups is 1. The lowest BCUT2D eigenvalue weighted by molar-refractivity contribution is -0.141. The van der Waals surface area contributed by atoms with Gasteiger partial charge in [0.25, 0.3) is 0 Å². The van der Waals surface area contributed by atoms with Crippen molar-refractivity contribution in [1.29, 1.82) is 0 Å². The number of halogens is 4. The van der Waals surface area contributed by atoms with Gasteiger partial charge in [0, 0.05) is 34.9 Å². The first-order chi connectivity index (χ1) is 21.3. The normalized spacial score (nSPS) is 17.5. The number of aromatic nitrogens is 2. The first-order valence-electron chi connectivity index (χ1n) is 14.6. The smallest absolute Gasteiger partial charge is 0.417 e. The van der Waals surface area contributed by atoms with Crippen molar-refractivity contribution in [2.45, 2.75) is 63.5 Å². The molecule has 11 heteroatoms. The third-order valence-electron chi connectivity index (χ3n) is 8.18. The van der Waals surface area contributed by atoms with Crippen LogP contribution in [-0.2, 0) is 28.7 Å². The summed E-state index contributed by atoms with van der Waals surface area (Å²) < 4.78 is 76.6. The zero-order valence-corrected chi connectivity index (χ0v) is 25.0. The molecule has 1 N–H and O–H groups in total. The molecule has 4 aromatic rings. The van der Waals surface area contributed by atoms with Crippen LogP contribution >= 0.6 is 0 Å². The minimum absolute atomic E-state index is 0.0581. The predicted octanol–water partition coefficient (Wildman–Crippen LogP) is 7.25. The Kier molecular flexibility index (Phi) is 7.84. The summed E-state index contributed by atoms with van der Waals surface area (Å²) >= 11 is 0. The van der Waals surface area contributed by atoms with Gasteiger partial charge in [0.15, 0.2) is 0 Å². The maximum absolute atomic E-state index is 15.5. The molecule has 2 atom stereocenters. The quantitative estimate of drug-likeness (QED) is 0.164. The highest BCUT2D eigenvalue weighted by Gasteiger charge is 2.40. The van der Waals surface area contributed by atoms with Gasteiger partial charge in [-0.15, -0.1) is 0 Å². The van der Waals surface area contributed by atoms with E-state index < -0.39 is 29.3 Å². The highest BCUT2D eigenvalue weighted by molar-refractivity contribution is 5.77. The van der Waals surface area contributed by atoms with Crippen molar-refractivity contribution in [3.05, 3.63) is 89.0 Å². The Labute approximate surface area is 257 Å². The number of carbonyl (C=O) groups excluding carboxylic acids is 1. The first kappa shape index (κ1) is 30.6. The summed E-state index contributed by atoms with van der Waals surface area (Å²) in [5, 5.41) is 14.3. The molecule has 0 bridgehead atoms. The molecule has 2 heterocycles. The monoisotopic (exact) mass is 624 g/mol.